The molecule has 1 N–H and O–H groups in total. The fourth-order valence-corrected chi connectivity index (χ4v) is 2.62. The van der Waals surface area contributed by atoms with Crippen molar-refractivity contribution in [2.45, 2.75) is 26.9 Å². The first-order chi connectivity index (χ1) is 11.2. The van der Waals surface area contributed by atoms with Crippen molar-refractivity contribution in [1.29, 1.82) is 0 Å². The van der Waals surface area contributed by atoms with Crippen LogP contribution < -0.4 is 5.32 Å². The molecule has 3 rings (SSSR count). The van der Waals surface area contributed by atoms with Crippen molar-refractivity contribution < 1.29 is 4.39 Å². The van der Waals surface area contributed by atoms with Crippen molar-refractivity contribution >= 4 is 5.69 Å². The third kappa shape index (κ3) is 3.42. The molecule has 0 unspecified atom stereocenters. The fraction of sp³-hybridized carbons (Fsp3) is 0.211. The van der Waals surface area contributed by atoms with E-state index >= 15 is 0 Å². The number of benzene rings is 2. The average Bonchev–Trinajstić information content (AvgIpc) is 2.95. The first-order valence-electron chi connectivity index (χ1n) is 7.79. The van der Waals surface area contributed by atoms with Crippen molar-refractivity contribution in [2.75, 3.05) is 5.32 Å². The van der Waals surface area contributed by atoms with Crippen LogP contribution in [0, 0.1) is 12.7 Å². The van der Waals surface area contributed by atoms with Crippen LogP contribution in [0.1, 0.15) is 18.2 Å². The zero-order chi connectivity index (χ0) is 16.2. The lowest BCUT2D eigenvalue weighted by Gasteiger charge is -2.09. The van der Waals surface area contributed by atoms with Gasteiger partial charge in [-0.25, -0.2) is 4.39 Å². The zero-order valence-corrected chi connectivity index (χ0v) is 13.4. The Bertz CT molecular complexity index is 791. The lowest BCUT2D eigenvalue weighted by Crippen LogP contribution is -2.02. The summed E-state index contributed by atoms with van der Waals surface area (Å²) in [5.41, 5.74) is 4.89. The van der Waals surface area contributed by atoms with Crippen LogP contribution in [0.3, 0.4) is 0 Å². The monoisotopic (exact) mass is 309 g/mol. The summed E-state index contributed by atoms with van der Waals surface area (Å²) in [5, 5.41) is 7.72. The third-order valence-electron chi connectivity index (χ3n) is 3.82. The van der Waals surface area contributed by atoms with E-state index in [0.29, 0.717) is 12.1 Å². The van der Waals surface area contributed by atoms with Crippen LogP contribution in [0.15, 0.2) is 54.6 Å². The Morgan fingerprint density at radius 3 is 2.52 bits per heavy atom. The van der Waals surface area contributed by atoms with Gasteiger partial charge >= 0.3 is 0 Å². The molecule has 0 amide bonds. The van der Waals surface area contributed by atoms with Gasteiger partial charge in [0.2, 0.25) is 0 Å². The molecule has 3 nitrogen and oxygen atoms in total. The van der Waals surface area contributed by atoms with Crippen LogP contribution in [-0.2, 0) is 13.1 Å². The van der Waals surface area contributed by atoms with Crippen LogP contribution >= 0.6 is 0 Å². The molecule has 1 aromatic heterocycles. The maximum atomic E-state index is 13.6. The van der Waals surface area contributed by atoms with Gasteiger partial charge in [0, 0.05) is 24.3 Å². The van der Waals surface area contributed by atoms with Gasteiger partial charge in [-0.1, -0.05) is 30.3 Å². The molecule has 0 bridgehead atoms. The normalized spacial score (nSPS) is 10.7. The summed E-state index contributed by atoms with van der Waals surface area (Å²) >= 11 is 0. The van der Waals surface area contributed by atoms with Gasteiger partial charge < -0.3 is 5.32 Å². The van der Waals surface area contributed by atoms with Gasteiger partial charge in [-0.05, 0) is 43.7 Å². The van der Waals surface area contributed by atoms with Crippen molar-refractivity contribution in [2.24, 2.45) is 0 Å². The molecule has 0 spiro atoms. The standard InChI is InChI=1S/C19H20FN3/c1-3-23-19(12-14(2)22-23)15-8-10-17(11-9-15)21-13-16-6-4-5-7-18(16)20/h4-12,21H,3,13H2,1-2H3. The van der Waals surface area contributed by atoms with Gasteiger partial charge in [-0.3, -0.25) is 4.68 Å². The topological polar surface area (TPSA) is 29.9 Å². The summed E-state index contributed by atoms with van der Waals surface area (Å²) in [6.07, 6.45) is 0. The van der Waals surface area contributed by atoms with Crippen LogP contribution in [0.5, 0.6) is 0 Å². The number of aromatic nitrogens is 2. The summed E-state index contributed by atoms with van der Waals surface area (Å²) in [6.45, 7) is 5.40. The van der Waals surface area contributed by atoms with Gasteiger partial charge in [0.05, 0.1) is 11.4 Å². The van der Waals surface area contributed by atoms with Crippen LogP contribution in [0.2, 0.25) is 0 Å². The molecular weight excluding hydrogens is 289 g/mol. The molecule has 23 heavy (non-hydrogen) atoms. The van der Waals surface area contributed by atoms with Gasteiger partial charge in [-0.15, -0.1) is 0 Å². The van der Waals surface area contributed by atoms with E-state index in [9.17, 15) is 4.39 Å². The molecule has 0 aliphatic carbocycles. The molecule has 0 saturated carbocycles. The largest absolute Gasteiger partial charge is 0.381 e. The summed E-state index contributed by atoms with van der Waals surface area (Å²) < 4.78 is 15.6. The lowest BCUT2D eigenvalue weighted by atomic mass is 10.1. The number of anilines is 1. The molecule has 0 aliphatic heterocycles. The Morgan fingerprint density at radius 2 is 1.83 bits per heavy atom. The first-order valence-corrected chi connectivity index (χ1v) is 7.79. The van der Waals surface area contributed by atoms with E-state index in [0.717, 1.165) is 29.2 Å². The van der Waals surface area contributed by atoms with Crippen molar-refractivity contribution in [3.8, 4) is 11.3 Å². The highest BCUT2D eigenvalue weighted by Crippen LogP contribution is 2.23. The molecule has 0 aliphatic rings. The lowest BCUT2D eigenvalue weighted by molar-refractivity contribution is 0.613. The molecule has 0 saturated heterocycles. The molecule has 0 radical (unpaired) electrons. The minimum absolute atomic E-state index is 0.182. The second-order valence-electron chi connectivity index (χ2n) is 5.51. The number of aryl methyl sites for hydroxylation is 2. The van der Waals surface area contributed by atoms with Gasteiger partial charge in [0.1, 0.15) is 5.82 Å². The highest BCUT2D eigenvalue weighted by Gasteiger charge is 2.07. The van der Waals surface area contributed by atoms with E-state index in [1.54, 1.807) is 12.1 Å². The van der Waals surface area contributed by atoms with E-state index < -0.39 is 0 Å². The predicted molar refractivity (Wildman–Crippen MR) is 91.8 cm³/mol. The molecule has 2 aromatic carbocycles. The molecule has 118 valence electrons. The predicted octanol–water partition coefficient (Wildman–Crippen LogP) is 4.63. The SMILES string of the molecule is CCn1nc(C)cc1-c1ccc(NCc2ccccc2F)cc1. The number of nitrogens with zero attached hydrogens (tertiary/aromatic N) is 2. The van der Waals surface area contributed by atoms with Gasteiger partial charge in [-0.2, -0.15) is 5.10 Å². The fourth-order valence-electron chi connectivity index (χ4n) is 2.62. The smallest absolute Gasteiger partial charge is 0.128 e. The average molecular weight is 309 g/mol. The Kier molecular flexibility index (Phi) is 4.42. The highest BCUT2D eigenvalue weighted by molar-refractivity contribution is 5.63. The number of halogens is 1. The second kappa shape index (κ2) is 6.65. The van der Waals surface area contributed by atoms with Crippen molar-refractivity contribution in [3.63, 3.8) is 0 Å². The zero-order valence-electron chi connectivity index (χ0n) is 13.4. The van der Waals surface area contributed by atoms with Crippen molar-refractivity contribution in [1.82, 2.24) is 9.78 Å². The van der Waals surface area contributed by atoms with Gasteiger partial charge in [0.25, 0.3) is 0 Å². The first kappa shape index (κ1) is 15.3. The highest BCUT2D eigenvalue weighted by atomic mass is 19.1. The Labute approximate surface area is 135 Å². The number of nitrogens with one attached hydrogen (secondary N) is 1. The summed E-state index contributed by atoms with van der Waals surface area (Å²) in [7, 11) is 0. The molecule has 3 aromatic rings. The summed E-state index contributed by atoms with van der Waals surface area (Å²) in [5.74, 6) is -0.182. The quantitative estimate of drug-likeness (QED) is 0.744. The van der Waals surface area contributed by atoms with E-state index in [2.05, 4.69) is 35.5 Å². The van der Waals surface area contributed by atoms with Crippen LogP contribution in [0.25, 0.3) is 11.3 Å². The van der Waals surface area contributed by atoms with Crippen LogP contribution in [0.4, 0.5) is 10.1 Å². The molecule has 1 heterocycles. The number of hydrogen-bond donors (Lipinski definition) is 1. The third-order valence-corrected chi connectivity index (χ3v) is 3.82. The molecular formula is C19H20FN3. The Hall–Kier alpha value is -2.62. The molecule has 4 heteroatoms. The Balaban J connectivity index is 1.73. The summed E-state index contributed by atoms with van der Waals surface area (Å²) in [6, 6.07) is 17.1. The van der Waals surface area contributed by atoms with Crippen molar-refractivity contribution in [3.05, 3.63) is 71.7 Å². The second-order valence-corrected chi connectivity index (χ2v) is 5.51. The van der Waals surface area contributed by atoms with E-state index in [1.807, 2.05) is 29.8 Å². The number of rotatable bonds is 5. The van der Waals surface area contributed by atoms with E-state index in [1.165, 1.54) is 6.07 Å². The van der Waals surface area contributed by atoms with E-state index in [-0.39, 0.29) is 5.82 Å². The minimum atomic E-state index is -0.182. The number of hydrogen-bond acceptors (Lipinski definition) is 2. The molecule has 0 fully saturated rings. The Morgan fingerprint density at radius 1 is 1.09 bits per heavy atom. The van der Waals surface area contributed by atoms with Crippen LogP contribution in [-0.4, -0.2) is 9.78 Å². The maximum Gasteiger partial charge on any atom is 0.128 e. The van der Waals surface area contributed by atoms with E-state index in [4.69, 9.17) is 0 Å². The minimum Gasteiger partial charge on any atom is -0.381 e. The molecule has 0 atom stereocenters. The summed E-state index contributed by atoms with van der Waals surface area (Å²) in [4.78, 5) is 0. The maximum absolute atomic E-state index is 13.6. The van der Waals surface area contributed by atoms with Gasteiger partial charge in [0.15, 0.2) is 0 Å².